The first-order chi connectivity index (χ1) is 12.3. The van der Waals surface area contributed by atoms with Gasteiger partial charge < -0.3 is 0 Å². The first-order valence-electron chi connectivity index (χ1n) is 8.75. The Labute approximate surface area is 156 Å². The molecule has 1 N–H and O–H groups in total. The van der Waals surface area contributed by atoms with E-state index in [-0.39, 0.29) is 25.0 Å². The van der Waals surface area contributed by atoms with Crippen molar-refractivity contribution in [2.45, 2.75) is 53.3 Å². The van der Waals surface area contributed by atoms with Gasteiger partial charge in [0, 0.05) is 18.4 Å². The van der Waals surface area contributed by atoms with Crippen LogP contribution < -0.4 is 5.32 Å². The fourth-order valence-electron chi connectivity index (χ4n) is 2.22. The van der Waals surface area contributed by atoms with Crippen molar-refractivity contribution in [1.29, 1.82) is 0 Å². The van der Waals surface area contributed by atoms with Gasteiger partial charge in [0.15, 0.2) is 0 Å². The molecule has 3 amide bonds. The minimum Gasteiger partial charge on any atom is -0.294 e. The molecule has 2 rings (SSSR count). The van der Waals surface area contributed by atoms with Crippen molar-refractivity contribution in [3.05, 3.63) is 49.1 Å². The number of amides is 3. The molecule has 0 aromatic heterocycles. The van der Waals surface area contributed by atoms with Gasteiger partial charge in [-0.05, 0) is 12.5 Å². The number of piperidine rings is 1. The zero-order valence-corrected chi connectivity index (χ0v) is 16.5. The minimum atomic E-state index is -2.50. The summed E-state index contributed by atoms with van der Waals surface area (Å²) in [7, 11) is 0. The summed E-state index contributed by atoms with van der Waals surface area (Å²) in [6.45, 7) is 20.2. The summed E-state index contributed by atoms with van der Waals surface area (Å²) in [5.74, 6) is -4.74. The van der Waals surface area contributed by atoms with Crippen LogP contribution in [0.5, 0.6) is 0 Å². The van der Waals surface area contributed by atoms with Gasteiger partial charge in [-0.25, -0.2) is 4.39 Å². The molecule has 5 nitrogen and oxygen atoms in total. The van der Waals surface area contributed by atoms with Crippen molar-refractivity contribution in [2.24, 2.45) is 0 Å². The third-order valence-corrected chi connectivity index (χ3v) is 3.31. The Morgan fingerprint density at radius 2 is 1.58 bits per heavy atom. The maximum absolute atomic E-state index is 14.8. The molecule has 2 aliphatic rings. The average Bonchev–Trinajstić information content (AvgIpc) is 2.99. The highest BCUT2D eigenvalue weighted by atomic mass is 19.1. The van der Waals surface area contributed by atoms with Crippen molar-refractivity contribution < 1.29 is 18.8 Å². The molecule has 2 aliphatic heterocycles. The maximum atomic E-state index is 14.8. The van der Waals surface area contributed by atoms with Crippen molar-refractivity contribution >= 4 is 17.7 Å². The molecule has 0 bridgehead atoms. The highest BCUT2D eigenvalue weighted by molar-refractivity contribution is 6.07. The van der Waals surface area contributed by atoms with Gasteiger partial charge >= 0.3 is 0 Å². The second-order valence-electron chi connectivity index (χ2n) is 4.78. The monoisotopic (exact) mass is 366 g/mol. The SMILES string of the molecule is C=CC.C=CC1=C(C=C)C(=O)N(C2(F)CCC(=O)NC2=O)C1.CC.CC. The summed E-state index contributed by atoms with van der Waals surface area (Å²) in [6, 6.07) is 0. The molecule has 0 aromatic rings. The number of imide groups is 1. The van der Waals surface area contributed by atoms with Gasteiger partial charge in [-0.15, -0.1) is 6.58 Å². The Kier molecular flexibility index (Phi) is 12.7. The number of halogens is 1. The molecule has 146 valence electrons. The number of nitrogens with one attached hydrogen (secondary N) is 1. The molecule has 1 unspecified atom stereocenters. The van der Waals surface area contributed by atoms with Gasteiger partial charge in [0.05, 0.1) is 6.54 Å². The van der Waals surface area contributed by atoms with E-state index < -0.39 is 23.5 Å². The Morgan fingerprint density at radius 3 is 1.92 bits per heavy atom. The first-order valence-corrected chi connectivity index (χ1v) is 8.75. The number of carbonyl (C=O) groups is 3. The van der Waals surface area contributed by atoms with Crippen LogP contribution in [0.2, 0.25) is 0 Å². The number of nitrogens with zero attached hydrogens (tertiary/aromatic N) is 1. The van der Waals surface area contributed by atoms with Crippen molar-refractivity contribution in [3.63, 3.8) is 0 Å². The topological polar surface area (TPSA) is 66.5 Å². The van der Waals surface area contributed by atoms with Gasteiger partial charge in [0.25, 0.3) is 17.6 Å². The van der Waals surface area contributed by atoms with E-state index in [0.29, 0.717) is 5.57 Å². The van der Waals surface area contributed by atoms with Crippen LogP contribution in [-0.4, -0.2) is 35.0 Å². The summed E-state index contributed by atoms with van der Waals surface area (Å²) in [6.07, 6.45) is 4.02. The van der Waals surface area contributed by atoms with Crippen LogP contribution in [0.25, 0.3) is 0 Å². The maximum Gasteiger partial charge on any atom is 0.285 e. The predicted octanol–water partition coefficient (Wildman–Crippen LogP) is 3.84. The van der Waals surface area contributed by atoms with E-state index in [1.54, 1.807) is 6.08 Å². The van der Waals surface area contributed by atoms with Crippen molar-refractivity contribution in [2.75, 3.05) is 6.54 Å². The Balaban J connectivity index is 0. The minimum absolute atomic E-state index is 0.0538. The van der Waals surface area contributed by atoms with Gasteiger partial charge in [0.2, 0.25) is 5.91 Å². The molecule has 2 heterocycles. The quantitative estimate of drug-likeness (QED) is 0.469. The van der Waals surface area contributed by atoms with E-state index in [1.807, 2.05) is 39.9 Å². The zero-order valence-electron chi connectivity index (χ0n) is 16.5. The lowest BCUT2D eigenvalue weighted by Crippen LogP contribution is -2.61. The summed E-state index contributed by atoms with van der Waals surface area (Å²) in [5, 5.41) is 1.92. The van der Waals surface area contributed by atoms with E-state index in [4.69, 9.17) is 0 Å². The molecule has 6 heteroatoms. The van der Waals surface area contributed by atoms with Gasteiger partial charge in [-0.2, -0.15) is 0 Å². The van der Waals surface area contributed by atoms with Gasteiger partial charge in [-0.1, -0.05) is 59.1 Å². The lowest BCUT2D eigenvalue weighted by Gasteiger charge is -2.35. The van der Waals surface area contributed by atoms with E-state index in [0.717, 1.165) is 4.90 Å². The number of hydrogen-bond acceptors (Lipinski definition) is 3. The smallest absolute Gasteiger partial charge is 0.285 e. The first kappa shape index (κ1) is 25.7. The molecular formula is C20H31FN2O3. The Hall–Kier alpha value is -2.50. The number of carbonyl (C=O) groups excluding carboxylic acids is 3. The van der Waals surface area contributed by atoms with Crippen LogP contribution in [0.4, 0.5) is 4.39 Å². The Bertz CT molecular complexity index is 582. The highest BCUT2D eigenvalue weighted by Crippen LogP contribution is 2.34. The molecule has 1 saturated heterocycles. The van der Waals surface area contributed by atoms with Gasteiger partial charge in [-0.3, -0.25) is 24.6 Å². The van der Waals surface area contributed by atoms with E-state index in [1.165, 1.54) is 12.2 Å². The summed E-state index contributed by atoms with van der Waals surface area (Å²) in [5.41, 5.74) is 0.749. The second-order valence-corrected chi connectivity index (χ2v) is 4.78. The van der Waals surface area contributed by atoms with Gasteiger partial charge in [0.1, 0.15) is 0 Å². The number of allylic oxidation sites excluding steroid dienone is 1. The van der Waals surface area contributed by atoms with Crippen LogP contribution >= 0.6 is 0 Å². The lowest BCUT2D eigenvalue weighted by molar-refractivity contribution is -0.163. The molecule has 26 heavy (non-hydrogen) atoms. The summed E-state index contributed by atoms with van der Waals surface area (Å²) >= 11 is 0. The normalized spacial score (nSPS) is 21.2. The molecule has 0 aliphatic carbocycles. The van der Waals surface area contributed by atoms with Crippen LogP contribution in [0, 0.1) is 0 Å². The third-order valence-electron chi connectivity index (χ3n) is 3.31. The van der Waals surface area contributed by atoms with Crippen LogP contribution in [0.15, 0.2) is 49.1 Å². The molecular weight excluding hydrogens is 335 g/mol. The number of hydrogen-bond donors (Lipinski definition) is 1. The van der Waals surface area contributed by atoms with Crippen LogP contribution in [0.1, 0.15) is 47.5 Å². The summed E-state index contributed by atoms with van der Waals surface area (Å²) in [4.78, 5) is 35.6. The molecule has 0 aromatic carbocycles. The van der Waals surface area contributed by atoms with E-state index in [9.17, 15) is 18.8 Å². The van der Waals surface area contributed by atoms with Crippen molar-refractivity contribution in [1.82, 2.24) is 10.2 Å². The standard InChI is InChI=1S/C13H13FN2O3.C3H6.2C2H6/c1-3-8-7-16(11(18)9(8)4-2)13(14)6-5-10(17)15-12(13)19;1-3-2;2*1-2/h3-4H,1-2,5-7H2,(H,15,17,19);3H,1H2,2H3;2*1-2H3. The number of alkyl halides is 1. The largest absolute Gasteiger partial charge is 0.294 e. The third kappa shape index (κ3) is 5.79. The number of rotatable bonds is 3. The zero-order chi connectivity index (χ0) is 20.9. The molecule has 0 radical (unpaired) electrons. The molecule has 0 saturated carbocycles. The summed E-state index contributed by atoms with van der Waals surface area (Å²) < 4.78 is 14.8. The highest BCUT2D eigenvalue weighted by Gasteiger charge is 2.52. The molecule has 1 fully saturated rings. The fraction of sp³-hybridized carbons (Fsp3) is 0.450. The molecule has 1 atom stereocenters. The Morgan fingerprint density at radius 1 is 1.08 bits per heavy atom. The van der Waals surface area contributed by atoms with Crippen LogP contribution in [0.3, 0.4) is 0 Å². The predicted molar refractivity (Wildman–Crippen MR) is 104 cm³/mol. The lowest BCUT2D eigenvalue weighted by atomic mass is 10.0. The fourth-order valence-corrected chi connectivity index (χ4v) is 2.22. The van der Waals surface area contributed by atoms with E-state index in [2.05, 4.69) is 19.7 Å². The average molecular weight is 366 g/mol. The van der Waals surface area contributed by atoms with Crippen molar-refractivity contribution in [3.8, 4) is 0 Å². The van der Waals surface area contributed by atoms with E-state index >= 15 is 0 Å². The molecule has 0 spiro atoms. The van der Waals surface area contributed by atoms with Crippen LogP contribution in [-0.2, 0) is 14.4 Å². The second kappa shape index (κ2) is 12.8.